The zero-order chi connectivity index (χ0) is 17.4. The maximum atomic E-state index is 12.5. The number of sulfonamides is 1. The highest BCUT2D eigenvalue weighted by Gasteiger charge is 2.25. The molecular weight excluding hydrogens is 338 g/mol. The highest BCUT2D eigenvalue weighted by molar-refractivity contribution is 7.89. The van der Waals surface area contributed by atoms with Crippen LogP contribution in [0.3, 0.4) is 0 Å². The van der Waals surface area contributed by atoms with E-state index in [0.29, 0.717) is 13.2 Å². The van der Waals surface area contributed by atoms with E-state index in [-0.39, 0.29) is 17.5 Å². The van der Waals surface area contributed by atoms with Gasteiger partial charge in [0, 0.05) is 6.54 Å². The number of hydrogen-bond donors (Lipinski definition) is 1. The van der Waals surface area contributed by atoms with E-state index in [2.05, 4.69) is 14.3 Å². The molecule has 1 aromatic heterocycles. The molecular formula is C18H19N3O3S. The standard InChI is InChI=1S/C18H19N3O3S/c1-13-7-8-17-16(9-13)20-18-12-24-11-14(21(17)18)10-19-25(22,23)15-5-3-2-4-6-15/h2-9,14,19H,10-12H2,1H3. The molecule has 0 bridgehead atoms. The summed E-state index contributed by atoms with van der Waals surface area (Å²) < 4.78 is 35.3. The van der Waals surface area contributed by atoms with Crippen molar-refractivity contribution in [1.82, 2.24) is 14.3 Å². The maximum Gasteiger partial charge on any atom is 0.240 e. The molecule has 130 valence electrons. The highest BCUT2D eigenvalue weighted by atomic mass is 32.2. The van der Waals surface area contributed by atoms with Crippen LogP contribution in [0.5, 0.6) is 0 Å². The molecule has 2 heterocycles. The van der Waals surface area contributed by atoms with E-state index < -0.39 is 10.0 Å². The van der Waals surface area contributed by atoms with Crippen LogP contribution in [0.25, 0.3) is 11.0 Å². The molecule has 0 spiro atoms. The van der Waals surface area contributed by atoms with Crippen LogP contribution in [0.4, 0.5) is 0 Å². The van der Waals surface area contributed by atoms with Gasteiger partial charge in [0.05, 0.1) is 28.6 Å². The normalized spacial score (nSPS) is 17.6. The van der Waals surface area contributed by atoms with Crippen molar-refractivity contribution >= 4 is 21.1 Å². The Hall–Kier alpha value is -2.22. The Kier molecular flexibility index (Phi) is 4.07. The monoisotopic (exact) mass is 357 g/mol. The Bertz CT molecular complexity index is 1010. The Balaban J connectivity index is 1.62. The molecule has 1 aliphatic rings. The summed E-state index contributed by atoms with van der Waals surface area (Å²) in [4.78, 5) is 4.89. The number of aromatic nitrogens is 2. The number of hydrogen-bond acceptors (Lipinski definition) is 4. The van der Waals surface area contributed by atoms with Crippen molar-refractivity contribution in [2.24, 2.45) is 0 Å². The third-order valence-electron chi connectivity index (χ3n) is 4.39. The maximum absolute atomic E-state index is 12.5. The van der Waals surface area contributed by atoms with Gasteiger partial charge in [-0.3, -0.25) is 0 Å². The number of imidazole rings is 1. The summed E-state index contributed by atoms with van der Waals surface area (Å²) in [5.41, 5.74) is 3.06. The van der Waals surface area contributed by atoms with Crippen molar-refractivity contribution < 1.29 is 13.2 Å². The number of ether oxygens (including phenoxy) is 1. The van der Waals surface area contributed by atoms with E-state index in [1.165, 1.54) is 0 Å². The number of nitrogens with zero attached hydrogens (tertiary/aromatic N) is 2. The summed E-state index contributed by atoms with van der Waals surface area (Å²) in [6, 6.07) is 14.4. The Morgan fingerprint density at radius 1 is 1.24 bits per heavy atom. The van der Waals surface area contributed by atoms with E-state index in [9.17, 15) is 8.42 Å². The van der Waals surface area contributed by atoms with E-state index >= 15 is 0 Å². The molecule has 0 saturated heterocycles. The number of aryl methyl sites for hydroxylation is 1. The van der Waals surface area contributed by atoms with Crippen LogP contribution in [0.2, 0.25) is 0 Å². The molecule has 0 aliphatic carbocycles. The molecule has 6 nitrogen and oxygen atoms in total. The molecule has 0 fully saturated rings. The largest absolute Gasteiger partial charge is 0.371 e. The summed E-state index contributed by atoms with van der Waals surface area (Å²) in [5, 5.41) is 0. The molecule has 2 aromatic carbocycles. The van der Waals surface area contributed by atoms with Gasteiger partial charge >= 0.3 is 0 Å². The number of benzene rings is 2. The van der Waals surface area contributed by atoms with Gasteiger partial charge in [-0.05, 0) is 36.8 Å². The lowest BCUT2D eigenvalue weighted by atomic mass is 10.2. The van der Waals surface area contributed by atoms with E-state index in [1.807, 2.05) is 25.1 Å². The van der Waals surface area contributed by atoms with E-state index in [4.69, 9.17) is 4.74 Å². The van der Waals surface area contributed by atoms with Crippen molar-refractivity contribution in [2.75, 3.05) is 13.2 Å². The van der Waals surface area contributed by atoms with Gasteiger partial charge in [0.2, 0.25) is 10.0 Å². The van der Waals surface area contributed by atoms with Gasteiger partial charge < -0.3 is 9.30 Å². The smallest absolute Gasteiger partial charge is 0.240 e. The average molecular weight is 357 g/mol. The molecule has 3 aromatic rings. The first-order valence-corrected chi connectivity index (χ1v) is 9.63. The van der Waals surface area contributed by atoms with Crippen LogP contribution in [0, 0.1) is 6.92 Å². The topological polar surface area (TPSA) is 73.2 Å². The molecule has 0 saturated carbocycles. The van der Waals surface area contributed by atoms with Crippen molar-refractivity contribution in [3.63, 3.8) is 0 Å². The predicted octanol–water partition coefficient (Wildman–Crippen LogP) is 2.39. The SMILES string of the molecule is Cc1ccc2c(c1)nc1n2C(CNS(=O)(=O)c2ccccc2)COC1. The van der Waals surface area contributed by atoms with Crippen LogP contribution in [0.15, 0.2) is 53.4 Å². The second-order valence-electron chi connectivity index (χ2n) is 6.22. The zero-order valence-corrected chi connectivity index (χ0v) is 14.7. The van der Waals surface area contributed by atoms with Crippen molar-refractivity contribution in [1.29, 1.82) is 0 Å². The first kappa shape index (κ1) is 16.3. The van der Waals surface area contributed by atoms with Crippen LogP contribution >= 0.6 is 0 Å². The van der Waals surface area contributed by atoms with Gasteiger partial charge in [-0.25, -0.2) is 18.1 Å². The minimum Gasteiger partial charge on any atom is -0.371 e. The first-order valence-electron chi connectivity index (χ1n) is 8.14. The summed E-state index contributed by atoms with van der Waals surface area (Å²) >= 11 is 0. The van der Waals surface area contributed by atoms with Crippen molar-refractivity contribution in [2.45, 2.75) is 24.5 Å². The minimum absolute atomic E-state index is 0.130. The molecule has 1 N–H and O–H groups in total. The van der Waals surface area contributed by atoms with Crippen molar-refractivity contribution in [3.05, 3.63) is 59.9 Å². The molecule has 0 radical (unpaired) electrons. The van der Waals surface area contributed by atoms with Crippen molar-refractivity contribution in [3.8, 4) is 0 Å². The molecule has 7 heteroatoms. The van der Waals surface area contributed by atoms with Gasteiger partial charge in [-0.15, -0.1) is 0 Å². The van der Waals surface area contributed by atoms with Crippen LogP contribution in [0.1, 0.15) is 17.4 Å². The fraction of sp³-hybridized carbons (Fsp3) is 0.278. The van der Waals surface area contributed by atoms with Gasteiger partial charge in [-0.2, -0.15) is 0 Å². The second kappa shape index (κ2) is 6.25. The van der Waals surface area contributed by atoms with E-state index in [0.717, 1.165) is 22.4 Å². The summed E-state index contributed by atoms with van der Waals surface area (Å²) in [7, 11) is -3.54. The summed E-state index contributed by atoms with van der Waals surface area (Å²) in [6.45, 7) is 3.17. The number of fused-ring (bicyclic) bond motifs is 3. The van der Waals surface area contributed by atoms with E-state index in [1.54, 1.807) is 30.3 Å². The van der Waals surface area contributed by atoms with Crippen LogP contribution in [-0.2, 0) is 21.4 Å². The summed E-state index contributed by atoms with van der Waals surface area (Å²) in [5.74, 6) is 0.829. The lowest BCUT2D eigenvalue weighted by Gasteiger charge is -2.26. The van der Waals surface area contributed by atoms with Gasteiger partial charge in [0.1, 0.15) is 12.4 Å². The minimum atomic E-state index is -3.54. The van der Waals surface area contributed by atoms with Crippen LogP contribution in [-0.4, -0.2) is 31.1 Å². The average Bonchev–Trinajstić information content (AvgIpc) is 2.98. The quantitative estimate of drug-likeness (QED) is 0.778. The van der Waals surface area contributed by atoms with Gasteiger partial charge in [0.25, 0.3) is 0 Å². The molecule has 1 unspecified atom stereocenters. The third-order valence-corrected chi connectivity index (χ3v) is 5.83. The molecule has 4 rings (SSSR count). The molecule has 0 amide bonds. The van der Waals surface area contributed by atoms with Crippen LogP contribution < -0.4 is 4.72 Å². The van der Waals surface area contributed by atoms with Gasteiger partial charge in [-0.1, -0.05) is 24.3 Å². The lowest BCUT2D eigenvalue weighted by Crippen LogP contribution is -2.35. The fourth-order valence-electron chi connectivity index (χ4n) is 3.17. The number of nitrogens with one attached hydrogen (secondary N) is 1. The summed E-state index contributed by atoms with van der Waals surface area (Å²) in [6.07, 6.45) is 0. The lowest BCUT2D eigenvalue weighted by molar-refractivity contribution is 0.0581. The Morgan fingerprint density at radius 3 is 2.84 bits per heavy atom. The Morgan fingerprint density at radius 2 is 2.04 bits per heavy atom. The third kappa shape index (κ3) is 3.06. The highest BCUT2D eigenvalue weighted by Crippen LogP contribution is 2.26. The second-order valence-corrected chi connectivity index (χ2v) is 7.99. The molecule has 1 atom stereocenters. The predicted molar refractivity (Wildman–Crippen MR) is 94.8 cm³/mol. The number of rotatable bonds is 4. The zero-order valence-electron chi connectivity index (χ0n) is 13.8. The fourth-order valence-corrected chi connectivity index (χ4v) is 4.26. The molecule has 1 aliphatic heterocycles. The van der Waals surface area contributed by atoms with Gasteiger partial charge in [0.15, 0.2) is 0 Å². The first-order chi connectivity index (χ1) is 12.0. The molecule has 25 heavy (non-hydrogen) atoms. The Labute approximate surface area is 146 Å².